The van der Waals surface area contributed by atoms with Crippen LogP contribution in [-0.4, -0.2) is 17.7 Å². The lowest BCUT2D eigenvalue weighted by atomic mass is 9.90. The van der Waals surface area contributed by atoms with Crippen molar-refractivity contribution in [2.45, 2.75) is 6.92 Å². The summed E-state index contributed by atoms with van der Waals surface area (Å²) in [6.45, 7) is 2.03. The summed E-state index contributed by atoms with van der Waals surface area (Å²) in [5.74, 6) is -0.491. The summed E-state index contributed by atoms with van der Waals surface area (Å²) >= 11 is 0. The first kappa shape index (κ1) is 12.9. The average Bonchev–Trinajstić information content (AvgIpc) is 2.54. The molecule has 0 saturated heterocycles. The highest BCUT2D eigenvalue weighted by molar-refractivity contribution is 6.29. The number of aromatic hydroxyl groups is 1. The number of phenolic OH excluding ortho intramolecular Hbond substituents is 1. The van der Waals surface area contributed by atoms with E-state index in [-0.39, 0.29) is 17.9 Å². The monoisotopic (exact) mass is 290 g/mol. The highest BCUT2D eigenvalue weighted by Crippen LogP contribution is 2.42. The Bertz CT molecular complexity index is 1020. The lowest BCUT2D eigenvalue weighted by Crippen LogP contribution is -2.06. The zero-order valence-corrected chi connectivity index (χ0v) is 12.1. The van der Waals surface area contributed by atoms with Crippen molar-refractivity contribution >= 4 is 38.3 Å². The molecule has 0 spiro atoms. The number of ether oxygens (including phenoxy) is 1. The third-order valence-electron chi connectivity index (χ3n) is 4.13. The molecule has 0 amide bonds. The van der Waals surface area contributed by atoms with Crippen molar-refractivity contribution in [3.63, 3.8) is 0 Å². The van der Waals surface area contributed by atoms with Gasteiger partial charge >= 0.3 is 5.97 Å². The molecule has 0 aromatic heterocycles. The number of carbonyl (C=O) groups excluding carboxylic acids is 1. The van der Waals surface area contributed by atoms with Gasteiger partial charge in [-0.1, -0.05) is 48.5 Å². The number of esters is 1. The van der Waals surface area contributed by atoms with Crippen LogP contribution in [0.4, 0.5) is 0 Å². The first-order valence-corrected chi connectivity index (χ1v) is 7.28. The maximum atomic E-state index is 12.3. The molecule has 4 aromatic carbocycles. The molecule has 0 aliphatic heterocycles. The molecule has 0 aliphatic rings. The summed E-state index contributed by atoms with van der Waals surface area (Å²) in [4.78, 5) is 12.3. The van der Waals surface area contributed by atoms with Crippen LogP contribution < -0.4 is 0 Å². The van der Waals surface area contributed by atoms with Gasteiger partial charge in [0.25, 0.3) is 0 Å². The summed E-state index contributed by atoms with van der Waals surface area (Å²) in [6.07, 6.45) is 0. The number of hydrogen-bond acceptors (Lipinski definition) is 3. The van der Waals surface area contributed by atoms with Gasteiger partial charge in [0.05, 0.1) is 6.61 Å². The third kappa shape index (κ3) is 1.59. The molecule has 4 aromatic rings. The van der Waals surface area contributed by atoms with Crippen molar-refractivity contribution in [3.8, 4) is 5.75 Å². The second-order valence-electron chi connectivity index (χ2n) is 5.32. The van der Waals surface area contributed by atoms with Crippen molar-refractivity contribution in [1.82, 2.24) is 0 Å². The number of benzene rings is 4. The van der Waals surface area contributed by atoms with Crippen LogP contribution in [0.1, 0.15) is 17.3 Å². The Labute approximate surface area is 127 Å². The van der Waals surface area contributed by atoms with Crippen molar-refractivity contribution < 1.29 is 14.6 Å². The van der Waals surface area contributed by atoms with Gasteiger partial charge < -0.3 is 9.84 Å². The van der Waals surface area contributed by atoms with Gasteiger partial charge in [0, 0.05) is 16.2 Å². The molecular weight excluding hydrogens is 276 g/mol. The predicted octanol–water partition coefficient (Wildman–Crippen LogP) is 4.47. The molecular formula is C19H14O3. The zero-order valence-electron chi connectivity index (χ0n) is 12.1. The Hall–Kier alpha value is -2.81. The van der Waals surface area contributed by atoms with Gasteiger partial charge in [-0.3, -0.25) is 0 Å². The van der Waals surface area contributed by atoms with Crippen LogP contribution in [0.2, 0.25) is 0 Å². The van der Waals surface area contributed by atoms with Crippen LogP contribution in [0.25, 0.3) is 32.3 Å². The fraction of sp³-hybridized carbons (Fsp3) is 0.105. The van der Waals surface area contributed by atoms with Gasteiger partial charge in [0.2, 0.25) is 0 Å². The van der Waals surface area contributed by atoms with Gasteiger partial charge in [-0.05, 0) is 23.1 Å². The van der Waals surface area contributed by atoms with E-state index >= 15 is 0 Å². The fourth-order valence-corrected chi connectivity index (χ4v) is 3.23. The van der Waals surface area contributed by atoms with E-state index in [0.717, 1.165) is 26.9 Å². The maximum absolute atomic E-state index is 12.3. The van der Waals surface area contributed by atoms with E-state index in [9.17, 15) is 9.90 Å². The lowest BCUT2D eigenvalue weighted by molar-refractivity contribution is 0.0526. The second kappa shape index (κ2) is 4.60. The molecule has 0 fully saturated rings. The van der Waals surface area contributed by atoms with Gasteiger partial charge in [-0.15, -0.1) is 0 Å². The van der Waals surface area contributed by atoms with Crippen molar-refractivity contribution in [3.05, 3.63) is 54.1 Å². The van der Waals surface area contributed by atoms with Gasteiger partial charge in [0.1, 0.15) is 11.3 Å². The average molecular weight is 290 g/mol. The summed E-state index contributed by atoms with van der Waals surface area (Å²) < 4.78 is 5.14. The molecule has 0 radical (unpaired) electrons. The zero-order chi connectivity index (χ0) is 15.3. The molecule has 3 nitrogen and oxygen atoms in total. The molecule has 0 aliphatic carbocycles. The molecule has 3 heteroatoms. The van der Waals surface area contributed by atoms with Crippen LogP contribution in [0.3, 0.4) is 0 Å². The molecule has 0 heterocycles. The minimum absolute atomic E-state index is 0.00440. The molecule has 0 saturated carbocycles. The highest BCUT2D eigenvalue weighted by atomic mass is 16.5. The normalized spacial score (nSPS) is 11.5. The molecule has 0 atom stereocenters. The largest absolute Gasteiger partial charge is 0.506 e. The van der Waals surface area contributed by atoms with Crippen molar-refractivity contribution in [2.75, 3.05) is 6.61 Å². The number of hydrogen-bond donors (Lipinski definition) is 1. The van der Waals surface area contributed by atoms with Crippen LogP contribution in [0.15, 0.2) is 48.5 Å². The molecule has 4 rings (SSSR count). The van der Waals surface area contributed by atoms with E-state index in [1.807, 2.05) is 48.5 Å². The van der Waals surface area contributed by atoms with E-state index in [0.29, 0.717) is 5.39 Å². The summed E-state index contributed by atoms with van der Waals surface area (Å²) in [7, 11) is 0. The van der Waals surface area contributed by atoms with Crippen LogP contribution >= 0.6 is 0 Å². The Morgan fingerprint density at radius 3 is 2.18 bits per heavy atom. The van der Waals surface area contributed by atoms with Gasteiger partial charge in [-0.2, -0.15) is 0 Å². The van der Waals surface area contributed by atoms with E-state index in [1.54, 1.807) is 6.92 Å². The number of carbonyl (C=O) groups is 1. The standard InChI is InChI=1S/C19H14O3/c1-2-22-19(21)17-13-7-3-5-11-9-10-12-6-4-8-14(18(17)20)16(12)15(11)13/h3-10,20H,2H2,1H3. The lowest BCUT2D eigenvalue weighted by Gasteiger charge is -2.15. The molecule has 108 valence electrons. The van der Waals surface area contributed by atoms with Gasteiger partial charge in [-0.25, -0.2) is 4.79 Å². The first-order valence-electron chi connectivity index (χ1n) is 7.28. The minimum Gasteiger partial charge on any atom is -0.506 e. The smallest absolute Gasteiger partial charge is 0.342 e. The molecule has 0 unspecified atom stereocenters. The quantitative estimate of drug-likeness (QED) is 0.438. The number of phenols is 1. The van der Waals surface area contributed by atoms with Crippen molar-refractivity contribution in [2.24, 2.45) is 0 Å². The maximum Gasteiger partial charge on any atom is 0.342 e. The topological polar surface area (TPSA) is 46.5 Å². The fourth-order valence-electron chi connectivity index (χ4n) is 3.23. The van der Waals surface area contributed by atoms with Crippen LogP contribution in [-0.2, 0) is 4.74 Å². The van der Waals surface area contributed by atoms with E-state index in [4.69, 9.17) is 4.74 Å². The van der Waals surface area contributed by atoms with E-state index in [1.165, 1.54) is 0 Å². The Morgan fingerprint density at radius 2 is 1.55 bits per heavy atom. The summed E-state index contributed by atoms with van der Waals surface area (Å²) in [6, 6.07) is 15.6. The van der Waals surface area contributed by atoms with E-state index in [2.05, 4.69) is 0 Å². The Kier molecular flexibility index (Phi) is 2.70. The second-order valence-corrected chi connectivity index (χ2v) is 5.32. The van der Waals surface area contributed by atoms with Crippen LogP contribution in [0.5, 0.6) is 5.75 Å². The highest BCUT2D eigenvalue weighted by Gasteiger charge is 2.22. The Morgan fingerprint density at radius 1 is 0.955 bits per heavy atom. The first-order chi connectivity index (χ1) is 10.7. The molecule has 1 N–H and O–H groups in total. The van der Waals surface area contributed by atoms with Gasteiger partial charge in [0.15, 0.2) is 0 Å². The molecule has 22 heavy (non-hydrogen) atoms. The van der Waals surface area contributed by atoms with Crippen LogP contribution in [0, 0.1) is 0 Å². The summed E-state index contributed by atoms with van der Waals surface area (Å²) in [5, 5.41) is 16.2. The van der Waals surface area contributed by atoms with Crippen molar-refractivity contribution in [1.29, 1.82) is 0 Å². The molecule has 0 bridgehead atoms. The SMILES string of the molecule is CCOC(=O)c1c(O)c2cccc3ccc4cccc1c4c32. The third-order valence-corrected chi connectivity index (χ3v) is 4.13. The number of rotatable bonds is 2. The van der Waals surface area contributed by atoms with E-state index < -0.39 is 5.97 Å². The minimum atomic E-state index is -0.487. The Balaban J connectivity index is 2.29. The summed E-state index contributed by atoms with van der Waals surface area (Å²) in [5.41, 5.74) is 0.249. The predicted molar refractivity (Wildman–Crippen MR) is 87.8 cm³/mol.